The van der Waals surface area contributed by atoms with E-state index in [9.17, 15) is 9.18 Å². The average molecular weight is 318 g/mol. The van der Waals surface area contributed by atoms with Crippen LogP contribution in [-0.4, -0.2) is 9.97 Å². The van der Waals surface area contributed by atoms with Crippen molar-refractivity contribution in [1.82, 2.24) is 9.97 Å². The van der Waals surface area contributed by atoms with Crippen molar-refractivity contribution in [2.75, 3.05) is 0 Å². The first-order valence-electron chi connectivity index (χ1n) is 4.71. The summed E-state index contributed by atoms with van der Waals surface area (Å²) in [5.41, 5.74) is 0.623. The summed E-state index contributed by atoms with van der Waals surface area (Å²) in [6, 6.07) is 5.60. The molecular weight excluding hydrogens is 310 g/mol. The molecule has 0 radical (unpaired) electrons. The molecular formula is C11H7BrClFN2O. The second-order valence-electron chi connectivity index (χ2n) is 3.38. The van der Waals surface area contributed by atoms with Crippen molar-refractivity contribution in [3.05, 3.63) is 50.6 Å². The molecule has 2 rings (SSSR count). The molecule has 0 aliphatic heterocycles. The Bertz CT molecular complexity index is 594. The molecule has 6 heteroatoms. The van der Waals surface area contributed by atoms with Gasteiger partial charge >= 0.3 is 0 Å². The van der Waals surface area contributed by atoms with Crippen LogP contribution in [0, 0.1) is 5.82 Å². The summed E-state index contributed by atoms with van der Waals surface area (Å²) in [6.45, 7) is 0. The molecule has 0 saturated carbocycles. The summed E-state index contributed by atoms with van der Waals surface area (Å²) in [6.07, 6.45) is 0. The Hall–Kier alpha value is -1.20. The van der Waals surface area contributed by atoms with Crippen LogP contribution in [-0.2, 0) is 5.88 Å². The zero-order chi connectivity index (χ0) is 12.4. The zero-order valence-electron chi connectivity index (χ0n) is 8.51. The Kier molecular flexibility index (Phi) is 3.59. The molecule has 0 amide bonds. The highest BCUT2D eigenvalue weighted by molar-refractivity contribution is 9.10. The maximum atomic E-state index is 13.2. The van der Waals surface area contributed by atoms with Crippen LogP contribution >= 0.6 is 27.5 Å². The fourth-order valence-corrected chi connectivity index (χ4v) is 2.01. The molecule has 0 spiro atoms. The maximum Gasteiger partial charge on any atom is 0.251 e. The molecule has 0 fully saturated rings. The molecule has 17 heavy (non-hydrogen) atoms. The van der Waals surface area contributed by atoms with Gasteiger partial charge in [0.25, 0.3) is 5.56 Å². The monoisotopic (exact) mass is 316 g/mol. The predicted octanol–water partition coefficient (Wildman–Crippen LogP) is 3.08. The van der Waals surface area contributed by atoms with E-state index in [1.165, 1.54) is 18.2 Å². The molecule has 3 nitrogen and oxygen atoms in total. The largest absolute Gasteiger partial charge is 0.307 e. The van der Waals surface area contributed by atoms with E-state index in [1.807, 2.05) is 0 Å². The van der Waals surface area contributed by atoms with Crippen LogP contribution in [0.25, 0.3) is 11.4 Å². The van der Waals surface area contributed by atoms with Gasteiger partial charge in [0, 0.05) is 16.1 Å². The third-order valence-corrected chi connectivity index (χ3v) is 2.80. The minimum atomic E-state index is -0.409. The number of benzene rings is 1. The fourth-order valence-electron chi connectivity index (χ4n) is 1.40. The summed E-state index contributed by atoms with van der Waals surface area (Å²) in [4.78, 5) is 18.0. The maximum absolute atomic E-state index is 13.2. The summed E-state index contributed by atoms with van der Waals surface area (Å²) in [7, 11) is 0. The van der Waals surface area contributed by atoms with Gasteiger partial charge in [-0.15, -0.1) is 11.6 Å². The fraction of sp³-hybridized carbons (Fsp3) is 0.0909. The summed E-state index contributed by atoms with van der Waals surface area (Å²) >= 11 is 8.80. The van der Waals surface area contributed by atoms with Crippen LogP contribution in [0.1, 0.15) is 5.69 Å². The number of nitrogens with zero attached hydrogens (tertiary/aromatic N) is 1. The molecule has 1 heterocycles. The Labute approximate surface area is 110 Å². The number of halogens is 3. The van der Waals surface area contributed by atoms with Gasteiger partial charge in [-0.05, 0) is 18.2 Å². The second-order valence-corrected chi connectivity index (χ2v) is 4.56. The van der Waals surface area contributed by atoms with E-state index in [2.05, 4.69) is 25.9 Å². The second kappa shape index (κ2) is 4.98. The lowest BCUT2D eigenvalue weighted by Crippen LogP contribution is -2.09. The Morgan fingerprint density at radius 3 is 2.76 bits per heavy atom. The summed E-state index contributed by atoms with van der Waals surface area (Å²) < 4.78 is 13.8. The molecule has 0 atom stereocenters. The third-order valence-electron chi connectivity index (χ3n) is 2.07. The number of hydrogen-bond acceptors (Lipinski definition) is 2. The summed E-state index contributed by atoms with van der Waals surface area (Å²) in [5, 5.41) is 0. The zero-order valence-corrected chi connectivity index (χ0v) is 10.8. The molecule has 1 aromatic heterocycles. The Morgan fingerprint density at radius 1 is 1.35 bits per heavy atom. The molecule has 0 saturated heterocycles. The number of aromatic amines is 1. The minimum absolute atomic E-state index is 0.132. The Morgan fingerprint density at radius 2 is 2.12 bits per heavy atom. The number of rotatable bonds is 2. The van der Waals surface area contributed by atoms with Crippen molar-refractivity contribution in [2.24, 2.45) is 0 Å². The first-order valence-corrected chi connectivity index (χ1v) is 6.04. The van der Waals surface area contributed by atoms with Crippen LogP contribution < -0.4 is 5.56 Å². The van der Waals surface area contributed by atoms with Crippen LogP contribution in [0.4, 0.5) is 4.39 Å². The number of aromatic nitrogens is 2. The minimum Gasteiger partial charge on any atom is -0.307 e. The molecule has 0 unspecified atom stereocenters. The highest BCUT2D eigenvalue weighted by Crippen LogP contribution is 2.21. The van der Waals surface area contributed by atoms with Gasteiger partial charge in [-0.1, -0.05) is 15.9 Å². The van der Waals surface area contributed by atoms with E-state index in [1.54, 1.807) is 6.07 Å². The van der Waals surface area contributed by atoms with Crippen molar-refractivity contribution < 1.29 is 4.39 Å². The van der Waals surface area contributed by atoms with Crippen LogP contribution in [0.3, 0.4) is 0 Å². The van der Waals surface area contributed by atoms with Crippen molar-refractivity contribution >= 4 is 27.5 Å². The first-order chi connectivity index (χ1) is 8.08. The molecule has 1 aromatic carbocycles. The van der Waals surface area contributed by atoms with Gasteiger partial charge in [-0.25, -0.2) is 9.37 Å². The Balaban J connectivity index is 2.59. The lowest BCUT2D eigenvalue weighted by Gasteiger charge is -2.03. The number of alkyl halides is 1. The van der Waals surface area contributed by atoms with Gasteiger partial charge in [-0.3, -0.25) is 4.79 Å². The highest BCUT2D eigenvalue weighted by Gasteiger charge is 2.06. The molecule has 88 valence electrons. The number of nitrogens with one attached hydrogen (secondary N) is 1. The van der Waals surface area contributed by atoms with Crippen LogP contribution in [0.2, 0.25) is 0 Å². The van der Waals surface area contributed by atoms with Gasteiger partial charge in [-0.2, -0.15) is 0 Å². The SMILES string of the molecule is O=c1cc(CCl)nc(-c2cc(F)cc(Br)c2)[nH]1. The molecule has 2 aromatic rings. The molecule has 0 aliphatic rings. The van der Waals surface area contributed by atoms with Gasteiger partial charge in [0.15, 0.2) is 0 Å². The standard InChI is InChI=1S/C11H7BrClFN2O/c12-7-1-6(2-8(14)3-7)11-15-9(5-13)4-10(17)16-11/h1-4H,5H2,(H,15,16,17). The first kappa shape index (κ1) is 12.3. The van der Waals surface area contributed by atoms with Gasteiger partial charge in [0.1, 0.15) is 11.6 Å². The van der Waals surface area contributed by atoms with Crippen molar-refractivity contribution in [1.29, 1.82) is 0 Å². The van der Waals surface area contributed by atoms with E-state index in [4.69, 9.17) is 11.6 Å². The molecule has 0 aliphatic carbocycles. The lowest BCUT2D eigenvalue weighted by molar-refractivity contribution is 0.627. The normalized spacial score (nSPS) is 10.5. The number of H-pyrrole nitrogens is 1. The van der Waals surface area contributed by atoms with Gasteiger partial charge < -0.3 is 4.98 Å². The molecule has 0 bridgehead atoms. The summed E-state index contributed by atoms with van der Waals surface area (Å²) in [5.74, 6) is 0.0228. The van der Waals surface area contributed by atoms with E-state index >= 15 is 0 Å². The third kappa shape index (κ3) is 2.92. The van der Waals surface area contributed by atoms with Crippen LogP contribution in [0.5, 0.6) is 0 Å². The van der Waals surface area contributed by atoms with E-state index < -0.39 is 5.82 Å². The van der Waals surface area contributed by atoms with Crippen molar-refractivity contribution in [3.8, 4) is 11.4 Å². The van der Waals surface area contributed by atoms with Crippen molar-refractivity contribution in [3.63, 3.8) is 0 Å². The number of hydrogen-bond donors (Lipinski definition) is 1. The smallest absolute Gasteiger partial charge is 0.251 e. The predicted molar refractivity (Wildman–Crippen MR) is 67.5 cm³/mol. The van der Waals surface area contributed by atoms with Gasteiger partial charge in [0.05, 0.1) is 11.6 Å². The molecule has 1 N–H and O–H groups in total. The van der Waals surface area contributed by atoms with E-state index in [0.717, 1.165) is 0 Å². The van der Waals surface area contributed by atoms with Crippen LogP contribution in [0.15, 0.2) is 33.5 Å². The lowest BCUT2D eigenvalue weighted by atomic mass is 10.2. The van der Waals surface area contributed by atoms with E-state index in [0.29, 0.717) is 21.6 Å². The topological polar surface area (TPSA) is 45.8 Å². The highest BCUT2D eigenvalue weighted by atomic mass is 79.9. The van der Waals surface area contributed by atoms with E-state index in [-0.39, 0.29) is 11.4 Å². The quantitative estimate of drug-likeness (QED) is 0.865. The van der Waals surface area contributed by atoms with Crippen molar-refractivity contribution in [2.45, 2.75) is 5.88 Å². The average Bonchev–Trinajstić information content (AvgIpc) is 2.26. The van der Waals surface area contributed by atoms with Gasteiger partial charge in [0.2, 0.25) is 0 Å².